The van der Waals surface area contributed by atoms with E-state index in [2.05, 4.69) is 9.46 Å². The fourth-order valence-corrected chi connectivity index (χ4v) is 4.03. The van der Waals surface area contributed by atoms with Gasteiger partial charge in [0.1, 0.15) is 0 Å². The number of nitrogens with one attached hydrogen (secondary N) is 1. The molecular formula is C16H25N3O6S. The van der Waals surface area contributed by atoms with Gasteiger partial charge in [0.05, 0.1) is 11.5 Å². The maximum Gasteiger partial charge on any atom is 0.404 e. The first-order chi connectivity index (χ1) is 11.9. The smallest absolute Gasteiger partial charge is 0.404 e. The summed E-state index contributed by atoms with van der Waals surface area (Å²) in [6.45, 7) is 5.78. The molecule has 3 N–H and O–H groups in total. The van der Waals surface area contributed by atoms with Gasteiger partial charge in [0.25, 0.3) is 5.69 Å². The van der Waals surface area contributed by atoms with Crippen LogP contribution in [0.1, 0.15) is 40.0 Å². The highest BCUT2D eigenvalue weighted by molar-refractivity contribution is 7.89. The third kappa shape index (κ3) is 6.60. The number of primary amides is 1. The van der Waals surface area contributed by atoms with Gasteiger partial charge in [-0.1, -0.05) is 32.9 Å². The molecule has 146 valence electrons. The Hall–Kier alpha value is -2.20. The number of ether oxygens (including phenoxy) is 1. The van der Waals surface area contributed by atoms with E-state index in [1.54, 1.807) is 0 Å². The van der Waals surface area contributed by atoms with Crippen molar-refractivity contribution in [3.8, 4) is 0 Å². The summed E-state index contributed by atoms with van der Waals surface area (Å²) in [5, 5.41) is 11.1. The molecule has 0 aliphatic rings. The Kier molecular flexibility index (Phi) is 7.52. The zero-order valence-corrected chi connectivity index (χ0v) is 15.9. The number of amides is 1. The second-order valence-electron chi connectivity index (χ2n) is 6.93. The molecule has 1 aromatic carbocycles. The fourth-order valence-electron chi connectivity index (χ4n) is 2.38. The summed E-state index contributed by atoms with van der Waals surface area (Å²) in [5.41, 5.74) is 4.00. The lowest BCUT2D eigenvalue weighted by Crippen LogP contribution is -2.43. The van der Waals surface area contributed by atoms with Gasteiger partial charge >= 0.3 is 6.09 Å². The summed E-state index contributed by atoms with van der Waals surface area (Å²) in [6.07, 6.45) is 0.748. The van der Waals surface area contributed by atoms with Gasteiger partial charge in [0, 0.05) is 12.1 Å². The molecule has 1 atom stereocenters. The van der Waals surface area contributed by atoms with Crippen molar-refractivity contribution in [3.05, 3.63) is 34.4 Å². The standard InChI is InChI=1S/C16H25N3O6S/c1-16(2,3)14(10-6-7-11-25-15(17)20)18-26(23,24)13-9-5-4-8-12(13)19(21)22/h4-5,8-9,14,18H,6-7,10-11H2,1-3H3,(H2,17,20). The van der Waals surface area contributed by atoms with Crippen molar-refractivity contribution in [1.29, 1.82) is 0 Å². The Balaban J connectivity index is 2.90. The molecule has 0 spiro atoms. The number of carbonyl (C=O) groups is 1. The van der Waals surface area contributed by atoms with E-state index >= 15 is 0 Å². The lowest BCUT2D eigenvalue weighted by molar-refractivity contribution is -0.387. The van der Waals surface area contributed by atoms with Crippen LogP contribution in [0, 0.1) is 15.5 Å². The zero-order valence-electron chi connectivity index (χ0n) is 15.1. The van der Waals surface area contributed by atoms with E-state index in [4.69, 9.17) is 5.73 Å². The van der Waals surface area contributed by atoms with E-state index < -0.39 is 38.2 Å². The van der Waals surface area contributed by atoms with E-state index in [0.29, 0.717) is 19.3 Å². The lowest BCUT2D eigenvalue weighted by Gasteiger charge is -2.31. The Labute approximate surface area is 153 Å². The molecule has 10 heteroatoms. The second-order valence-corrected chi connectivity index (χ2v) is 8.61. The normalized spacial score (nSPS) is 13.2. The van der Waals surface area contributed by atoms with Crippen LogP contribution in [-0.2, 0) is 14.8 Å². The van der Waals surface area contributed by atoms with Crippen LogP contribution in [0.3, 0.4) is 0 Å². The molecule has 26 heavy (non-hydrogen) atoms. The summed E-state index contributed by atoms with van der Waals surface area (Å²) in [6, 6.07) is 4.76. The minimum absolute atomic E-state index is 0.156. The van der Waals surface area contributed by atoms with Crippen molar-refractivity contribution in [2.75, 3.05) is 6.61 Å². The minimum Gasteiger partial charge on any atom is -0.450 e. The molecule has 0 aromatic heterocycles. The second kappa shape index (κ2) is 8.95. The number of rotatable bonds is 9. The molecule has 1 unspecified atom stereocenters. The highest BCUT2D eigenvalue weighted by atomic mass is 32.2. The Morgan fingerprint density at radius 1 is 1.31 bits per heavy atom. The summed E-state index contributed by atoms with van der Waals surface area (Å²) in [5.74, 6) is 0. The molecule has 1 aromatic rings. The maximum absolute atomic E-state index is 12.7. The molecular weight excluding hydrogens is 362 g/mol. The molecule has 0 saturated heterocycles. The number of hydrogen-bond donors (Lipinski definition) is 2. The number of nitro benzene ring substituents is 1. The van der Waals surface area contributed by atoms with Crippen molar-refractivity contribution in [1.82, 2.24) is 4.72 Å². The molecule has 1 rings (SSSR count). The van der Waals surface area contributed by atoms with Gasteiger partial charge in [-0.3, -0.25) is 10.1 Å². The quantitative estimate of drug-likeness (QED) is 0.379. The van der Waals surface area contributed by atoms with E-state index in [9.17, 15) is 23.3 Å². The highest BCUT2D eigenvalue weighted by Crippen LogP contribution is 2.28. The van der Waals surface area contributed by atoms with Crippen LogP contribution < -0.4 is 10.5 Å². The predicted octanol–water partition coefficient (Wildman–Crippen LogP) is 2.55. The molecule has 0 saturated carbocycles. The number of unbranched alkanes of at least 4 members (excludes halogenated alkanes) is 1. The molecule has 0 aliphatic carbocycles. The summed E-state index contributed by atoms with van der Waals surface area (Å²) in [4.78, 5) is 20.6. The van der Waals surface area contributed by atoms with Crippen LogP contribution in [0.5, 0.6) is 0 Å². The fraction of sp³-hybridized carbons (Fsp3) is 0.562. The number of sulfonamides is 1. The van der Waals surface area contributed by atoms with Gasteiger partial charge < -0.3 is 10.5 Å². The van der Waals surface area contributed by atoms with Crippen LogP contribution >= 0.6 is 0 Å². The Morgan fingerprint density at radius 3 is 2.46 bits per heavy atom. The monoisotopic (exact) mass is 387 g/mol. The first-order valence-corrected chi connectivity index (χ1v) is 9.61. The number of nitro groups is 1. The number of nitrogens with zero attached hydrogens (tertiary/aromatic N) is 1. The molecule has 9 nitrogen and oxygen atoms in total. The molecule has 0 bridgehead atoms. The topological polar surface area (TPSA) is 142 Å². The van der Waals surface area contributed by atoms with Crippen molar-refractivity contribution in [3.63, 3.8) is 0 Å². The molecule has 0 radical (unpaired) electrons. The SMILES string of the molecule is CC(C)(C)C(CCCCOC(N)=O)NS(=O)(=O)c1ccccc1[N+](=O)[O-]. The Morgan fingerprint density at radius 2 is 1.92 bits per heavy atom. The van der Waals surface area contributed by atoms with Gasteiger partial charge in [0.15, 0.2) is 4.90 Å². The molecule has 0 heterocycles. The molecule has 1 amide bonds. The van der Waals surface area contributed by atoms with Crippen molar-refractivity contribution < 1.29 is 22.9 Å². The number of hydrogen-bond acceptors (Lipinski definition) is 6. The predicted molar refractivity (Wildman–Crippen MR) is 96.0 cm³/mol. The van der Waals surface area contributed by atoms with E-state index in [-0.39, 0.29) is 11.5 Å². The average molecular weight is 387 g/mol. The minimum atomic E-state index is -4.07. The van der Waals surface area contributed by atoms with Crippen LogP contribution in [0.25, 0.3) is 0 Å². The van der Waals surface area contributed by atoms with Gasteiger partial charge in [0.2, 0.25) is 10.0 Å². The average Bonchev–Trinajstić information content (AvgIpc) is 2.52. The van der Waals surface area contributed by atoms with E-state index in [1.165, 1.54) is 18.2 Å². The summed E-state index contributed by atoms with van der Waals surface area (Å²) >= 11 is 0. The van der Waals surface area contributed by atoms with Gasteiger partial charge in [-0.2, -0.15) is 0 Å². The summed E-state index contributed by atoms with van der Waals surface area (Å²) in [7, 11) is -4.07. The highest BCUT2D eigenvalue weighted by Gasteiger charge is 2.32. The number of nitrogens with two attached hydrogens (primary N) is 1. The largest absolute Gasteiger partial charge is 0.450 e. The molecule has 0 fully saturated rings. The lowest BCUT2D eigenvalue weighted by atomic mass is 9.84. The van der Waals surface area contributed by atoms with Crippen molar-refractivity contribution >= 4 is 21.8 Å². The van der Waals surface area contributed by atoms with Gasteiger partial charge in [-0.05, 0) is 30.7 Å². The van der Waals surface area contributed by atoms with E-state index in [1.807, 2.05) is 20.8 Å². The third-order valence-electron chi connectivity index (χ3n) is 3.83. The van der Waals surface area contributed by atoms with Crippen LogP contribution in [0.2, 0.25) is 0 Å². The maximum atomic E-state index is 12.7. The first-order valence-electron chi connectivity index (χ1n) is 8.13. The number of benzene rings is 1. The van der Waals surface area contributed by atoms with Crippen LogP contribution in [0.15, 0.2) is 29.2 Å². The number of carbonyl (C=O) groups excluding carboxylic acids is 1. The van der Waals surface area contributed by atoms with Crippen molar-refractivity contribution in [2.24, 2.45) is 11.1 Å². The van der Waals surface area contributed by atoms with Crippen molar-refractivity contribution in [2.45, 2.75) is 51.0 Å². The van der Waals surface area contributed by atoms with Gasteiger partial charge in [-0.15, -0.1) is 0 Å². The molecule has 0 aliphatic heterocycles. The number of para-hydroxylation sites is 1. The van der Waals surface area contributed by atoms with Crippen LogP contribution in [-0.4, -0.2) is 32.1 Å². The van der Waals surface area contributed by atoms with Crippen LogP contribution in [0.4, 0.5) is 10.5 Å². The third-order valence-corrected chi connectivity index (χ3v) is 5.34. The zero-order chi connectivity index (χ0) is 20.0. The summed E-state index contributed by atoms with van der Waals surface area (Å²) < 4.78 is 32.6. The first kappa shape index (κ1) is 21.8. The van der Waals surface area contributed by atoms with Gasteiger partial charge in [-0.25, -0.2) is 17.9 Å². The Bertz CT molecular complexity index is 743. The van der Waals surface area contributed by atoms with E-state index in [0.717, 1.165) is 6.07 Å².